The number of piperidine rings is 2. The van der Waals surface area contributed by atoms with Crippen LogP contribution in [-0.4, -0.2) is 104 Å². The van der Waals surface area contributed by atoms with E-state index in [1.807, 2.05) is 62.6 Å². The Labute approximate surface area is 361 Å². The van der Waals surface area contributed by atoms with E-state index in [0.29, 0.717) is 16.5 Å². The van der Waals surface area contributed by atoms with E-state index < -0.39 is 0 Å². The largest absolute Gasteiger partial charge is 0.465 e. The van der Waals surface area contributed by atoms with Crippen LogP contribution in [0.2, 0.25) is 0 Å². The van der Waals surface area contributed by atoms with Crippen LogP contribution in [-0.2, 0) is 9.47 Å². The van der Waals surface area contributed by atoms with Crippen molar-refractivity contribution in [3.63, 3.8) is 0 Å². The Balaban J connectivity index is 0.000000158. The lowest BCUT2D eigenvalue weighted by molar-refractivity contribution is 0.0592. The molecular formula is C48H53N9O5. The number of aryl methyl sites for hydroxylation is 2. The fraction of sp³-hybridized carbons (Fsp3) is 0.375. The number of anilines is 4. The third-order valence-electron chi connectivity index (χ3n) is 12.8. The predicted molar refractivity (Wildman–Crippen MR) is 239 cm³/mol. The number of esters is 2. The van der Waals surface area contributed by atoms with E-state index in [2.05, 4.69) is 75.3 Å². The molecule has 1 N–H and O–H groups in total. The van der Waals surface area contributed by atoms with Gasteiger partial charge in [-0.15, -0.1) is 0 Å². The maximum Gasteiger partial charge on any atom is 0.337 e. The van der Waals surface area contributed by atoms with E-state index in [0.717, 1.165) is 104 Å². The summed E-state index contributed by atoms with van der Waals surface area (Å²) >= 11 is 0. The standard InChI is InChI=1S/C24H27N5O2.C24H26N4O3/c1-17-11-20(7-9-25-17)29-15-24(16-29)8-4-10-28(14-24)22-13-21(26-27-22)18-5-3-6-19(12-18)23(30)31-2;1-17-11-20(7-9-25-17)28-15-24(16-28)8-4-10-27(14-24)22-13-21(26-31-22)18-5-3-6-19(12-18)23(29)30-2/h3,5-7,9,11-13H,4,8,10,14-16H2,1-2H3,(H,26,27);3,5-7,9,11-13H,4,8,10,14-16H2,1-2H3. The molecule has 320 valence electrons. The molecule has 4 aromatic heterocycles. The van der Waals surface area contributed by atoms with Crippen LogP contribution >= 0.6 is 0 Å². The number of rotatable bonds is 8. The molecule has 2 spiro atoms. The predicted octanol–water partition coefficient (Wildman–Crippen LogP) is 7.61. The normalized spacial score (nSPS) is 17.5. The van der Waals surface area contributed by atoms with Crippen LogP contribution in [0.5, 0.6) is 0 Å². The van der Waals surface area contributed by atoms with Crippen molar-refractivity contribution in [3.05, 3.63) is 120 Å². The second-order valence-electron chi connectivity index (χ2n) is 17.4. The maximum atomic E-state index is 11.8. The number of nitrogens with one attached hydrogen (secondary N) is 1. The molecule has 8 heterocycles. The molecule has 0 aliphatic carbocycles. The Kier molecular flexibility index (Phi) is 11.1. The number of hydrogen-bond acceptors (Lipinski definition) is 13. The molecule has 2 aromatic carbocycles. The number of methoxy groups -OCH3 is 2. The van der Waals surface area contributed by atoms with Crippen LogP contribution in [0.25, 0.3) is 22.5 Å². The third-order valence-corrected chi connectivity index (χ3v) is 12.8. The second kappa shape index (κ2) is 17.0. The van der Waals surface area contributed by atoms with Crippen molar-refractivity contribution in [2.45, 2.75) is 39.5 Å². The summed E-state index contributed by atoms with van der Waals surface area (Å²) in [5.74, 6) is 1.06. The quantitative estimate of drug-likeness (QED) is 0.150. The van der Waals surface area contributed by atoms with Crippen molar-refractivity contribution in [3.8, 4) is 22.5 Å². The van der Waals surface area contributed by atoms with E-state index in [-0.39, 0.29) is 17.4 Å². The van der Waals surface area contributed by atoms with Gasteiger partial charge in [-0.05, 0) is 88.1 Å². The summed E-state index contributed by atoms with van der Waals surface area (Å²) in [6, 6.07) is 27.3. The van der Waals surface area contributed by atoms with E-state index in [1.165, 1.54) is 44.9 Å². The number of nitrogens with zero attached hydrogens (tertiary/aromatic N) is 8. The molecule has 4 saturated heterocycles. The van der Waals surface area contributed by atoms with Crippen molar-refractivity contribution >= 4 is 35.0 Å². The fourth-order valence-corrected chi connectivity index (χ4v) is 9.69. The molecule has 4 aliphatic rings. The minimum absolute atomic E-state index is 0.285. The summed E-state index contributed by atoms with van der Waals surface area (Å²) in [5.41, 5.74) is 9.67. The first-order valence-corrected chi connectivity index (χ1v) is 21.4. The van der Waals surface area contributed by atoms with Crippen LogP contribution in [0.3, 0.4) is 0 Å². The minimum atomic E-state index is -0.359. The zero-order valence-corrected chi connectivity index (χ0v) is 35.8. The number of carbonyl (C=O) groups is 2. The molecule has 0 saturated carbocycles. The topological polar surface area (TPSA) is 146 Å². The fourth-order valence-electron chi connectivity index (χ4n) is 9.69. The van der Waals surface area contributed by atoms with Gasteiger partial charge in [0.1, 0.15) is 5.69 Å². The van der Waals surface area contributed by atoms with Gasteiger partial charge in [-0.25, -0.2) is 9.59 Å². The molecule has 0 amide bonds. The summed E-state index contributed by atoms with van der Waals surface area (Å²) in [4.78, 5) is 41.9. The highest BCUT2D eigenvalue weighted by Crippen LogP contribution is 2.44. The zero-order valence-electron chi connectivity index (χ0n) is 35.8. The van der Waals surface area contributed by atoms with E-state index >= 15 is 0 Å². The first-order valence-electron chi connectivity index (χ1n) is 21.4. The Hall–Kier alpha value is -6.70. The lowest BCUT2D eigenvalue weighted by Gasteiger charge is -2.55. The third kappa shape index (κ3) is 8.46. The number of benzene rings is 2. The van der Waals surface area contributed by atoms with Gasteiger partial charge in [0.05, 0.1) is 31.0 Å². The van der Waals surface area contributed by atoms with Crippen molar-refractivity contribution in [1.29, 1.82) is 0 Å². The van der Waals surface area contributed by atoms with Gasteiger partial charge >= 0.3 is 11.9 Å². The van der Waals surface area contributed by atoms with Crippen molar-refractivity contribution < 1.29 is 23.6 Å². The van der Waals surface area contributed by atoms with Crippen molar-refractivity contribution in [2.24, 2.45) is 10.8 Å². The van der Waals surface area contributed by atoms with Crippen LogP contribution in [0.4, 0.5) is 23.1 Å². The van der Waals surface area contributed by atoms with Crippen molar-refractivity contribution in [1.82, 2.24) is 25.3 Å². The van der Waals surface area contributed by atoms with E-state index in [9.17, 15) is 9.59 Å². The minimum Gasteiger partial charge on any atom is -0.465 e. The van der Waals surface area contributed by atoms with Crippen LogP contribution in [0, 0.1) is 24.7 Å². The number of aromatic amines is 1. The number of ether oxygens (including phenoxy) is 2. The second-order valence-corrected chi connectivity index (χ2v) is 17.4. The average Bonchev–Trinajstić information content (AvgIpc) is 3.99. The first kappa shape index (κ1) is 40.7. The molecule has 0 atom stereocenters. The van der Waals surface area contributed by atoms with Gasteiger partial charge < -0.3 is 33.6 Å². The number of carbonyl (C=O) groups excluding carboxylic acids is 2. The molecule has 6 aromatic rings. The number of pyridine rings is 2. The molecule has 14 heteroatoms. The van der Waals surface area contributed by atoms with E-state index in [4.69, 9.17) is 14.0 Å². The summed E-state index contributed by atoms with van der Waals surface area (Å²) in [7, 11) is 2.78. The van der Waals surface area contributed by atoms with Gasteiger partial charge in [0.25, 0.3) is 0 Å². The van der Waals surface area contributed by atoms with Crippen LogP contribution < -0.4 is 19.6 Å². The van der Waals surface area contributed by atoms with Gasteiger partial charge in [0.15, 0.2) is 5.82 Å². The van der Waals surface area contributed by atoms with Crippen molar-refractivity contribution in [2.75, 3.05) is 86.2 Å². The van der Waals surface area contributed by atoms with Crippen LogP contribution in [0.1, 0.15) is 57.8 Å². The summed E-state index contributed by atoms with van der Waals surface area (Å²) in [6.45, 7) is 12.3. The highest BCUT2D eigenvalue weighted by atomic mass is 16.5. The van der Waals surface area contributed by atoms with Gasteiger partial charge in [-0.1, -0.05) is 29.4 Å². The molecule has 62 heavy (non-hydrogen) atoms. The van der Waals surface area contributed by atoms with E-state index in [1.54, 1.807) is 18.2 Å². The number of aromatic nitrogens is 5. The zero-order chi connectivity index (χ0) is 42.8. The molecule has 4 fully saturated rings. The average molecular weight is 836 g/mol. The van der Waals surface area contributed by atoms with Gasteiger partial charge in [0.2, 0.25) is 5.88 Å². The van der Waals surface area contributed by atoms with Gasteiger partial charge in [0, 0.05) is 122 Å². The monoisotopic (exact) mass is 835 g/mol. The first-order chi connectivity index (χ1) is 30.1. The molecular weight excluding hydrogens is 783 g/mol. The molecule has 0 unspecified atom stereocenters. The Morgan fingerprint density at radius 1 is 0.645 bits per heavy atom. The SMILES string of the molecule is COC(=O)c1cccc(-c2cc(N3CCCC4(CN(c5ccnc(C)c5)C4)C3)n[nH]2)c1.COC(=O)c1cccc(-c2cc(N3CCCC4(CN(c5ccnc(C)c5)C4)C3)on2)c1. The molecule has 0 radical (unpaired) electrons. The molecule has 0 bridgehead atoms. The number of hydrogen-bond donors (Lipinski definition) is 1. The Morgan fingerprint density at radius 2 is 1.18 bits per heavy atom. The maximum absolute atomic E-state index is 11.8. The summed E-state index contributed by atoms with van der Waals surface area (Å²) < 4.78 is 15.4. The number of H-pyrrole nitrogens is 1. The molecule has 4 aliphatic heterocycles. The smallest absolute Gasteiger partial charge is 0.337 e. The Bertz CT molecular complexity index is 2380. The molecule has 10 rings (SSSR count). The molecule has 14 nitrogen and oxygen atoms in total. The summed E-state index contributed by atoms with van der Waals surface area (Å²) in [6.07, 6.45) is 8.56. The highest BCUT2D eigenvalue weighted by Gasteiger charge is 2.47. The van der Waals surface area contributed by atoms with Gasteiger partial charge in [-0.2, -0.15) is 5.10 Å². The Morgan fingerprint density at radius 3 is 1.76 bits per heavy atom. The summed E-state index contributed by atoms with van der Waals surface area (Å²) in [5, 5.41) is 12.0. The van der Waals surface area contributed by atoms with Crippen LogP contribution in [0.15, 0.2) is 102 Å². The highest BCUT2D eigenvalue weighted by molar-refractivity contribution is 5.91. The lowest BCUT2D eigenvalue weighted by atomic mass is 9.73. The lowest BCUT2D eigenvalue weighted by Crippen LogP contribution is -2.63. The van der Waals surface area contributed by atoms with Gasteiger partial charge in [-0.3, -0.25) is 15.1 Å².